The molecule has 0 aliphatic carbocycles. The van der Waals surface area contributed by atoms with Crippen LogP contribution in [-0.2, 0) is 11.2 Å². The molecule has 3 nitrogen and oxygen atoms in total. The standard InChI is InChI=1S/C17H16O3/c1-13(18)11-14-7-9-16(10-8-14)20-12-17(19)15-5-3-2-4-6-15/h2-10H,11-12H2,1H3. The summed E-state index contributed by atoms with van der Waals surface area (Å²) in [6.45, 7) is 1.57. The van der Waals surface area contributed by atoms with Gasteiger partial charge in [0.15, 0.2) is 12.4 Å². The van der Waals surface area contributed by atoms with Crippen LogP contribution in [0.2, 0.25) is 0 Å². The highest BCUT2D eigenvalue weighted by Crippen LogP contribution is 2.13. The van der Waals surface area contributed by atoms with E-state index in [1.54, 1.807) is 31.2 Å². The zero-order valence-corrected chi connectivity index (χ0v) is 11.3. The summed E-state index contributed by atoms with van der Waals surface area (Å²) in [4.78, 5) is 22.9. The van der Waals surface area contributed by atoms with Crippen molar-refractivity contribution < 1.29 is 14.3 Å². The maximum Gasteiger partial charge on any atom is 0.200 e. The summed E-state index contributed by atoms with van der Waals surface area (Å²) in [7, 11) is 0. The molecule has 0 N–H and O–H groups in total. The zero-order chi connectivity index (χ0) is 14.4. The Bertz CT molecular complexity index is 585. The molecule has 0 aliphatic heterocycles. The topological polar surface area (TPSA) is 43.4 Å². The first kappa shape index (κ1) is 14.0. The molecule has 0 fully saturated rings. The van der Waals surface area contributed by atoms with Crippen LogP contribution in [0.1, 0.15) is 22.8 Å². The SMILES string of the molecule is CC(=O)Cc1ccc(OCC(=O)c2ccccc2)cc1. The van der Waals surface area contributed by atoms with Crippen LogP contribution in [0.3, 0.4) is 0 Å². The first-order chi connectivity index (χ1) is 9.65. The third-order valence-corrected chi connectivity index (χ3v) is 2.84. The van der Waals surface area contributed by atoms with E-state index in [2.05, 4.69) is 0 Å². The number of rotatable bonds is 6. The predicted molar refractivity (Wildman–Crippen MR) is 77.1 cm³/mol. The van der Waals surface area contributed by atoms with Crippen LogP contribution in [-0.4, -0.2) is 18.2 Å². The van der Waals surface area contributed by atoms with Crippen LogP contribution < -0.4 is 4.74 Å². The van der Waals surface area contributed by atoms with Crippen molar-refractivity contribution in [3.8, 4) is 5.75 Å². The van der Waals surface area contributed by atoms with E-state index in [0.29, 0.717) is 17.7 Å². The molecule has 0 bridgehead atoms. The average molecular weight is 268 g/mol. The van der Waals surface area contributed by atoms with Gasteiger partial charge in [0.05, 0.1) is 0 Å². The van der Waals surface area contributed by atoms with Crippen LogP contribution in [0, 0.1) is 0 Å². The molecule has 102 valence electrons. The number of ketones is 2. The Morgan fingerprint density at radius 2 is 1.60 bits per heavy atom. The summed E-state index contributed by atoms with van der Waals surface area (Å²) in [5.41, 5.74) is 1.58. The van der Waals surface area contributed by atoms with Gasteiger partial charge in [-0.25, -0.2) is 0 Å². The van der Waals surface area contributed by atoms with E-state index in [1.807, 2.05) is 30.3 Å². The molecular weight excluding hydrogens is 252 g/mol. The van der Waals surface area contributed by atoms with Crippen molar-refractivity contribution in [2.24, 2.45) is 0 Å². The lowest BCUT2D eigenvalue weighted by atomic mass is 10.1. The van der Waals surface area contributed by atoms with Crippen molar-refractivity contribution in [2.75, 3.05) is 6.61 Å². The summed E-state index contributed by atoms with van der Waals surface area (Å²) < 4.78 is 5.45. The lowest BCUT2D eigenvalue weighted by Crippen LogP contribution is -2.11. The minimum absolute atomic E-state index is 0.00999. The van der Waals surface area contributed by atoms with Gasteiger partial charge in [-0.1, -0.05) is 42.5 Å². The summed E-state index contributed by atoms with van der Waals surface area (Å²) >= 11 is 0. The number of benzene rings is 2. The second-order valence-corrected chi connectivity index (χ2v) is 4.60. The smallest absolute Gasteiger partial charge is 0.200 e. The Kier molecular flexibility index (Phi) is 4.66. The van der Waals surface area contributed by atoms with Crippen molar-refractivity contribution in [3.63, 3.8) is 0 Å². The molecule has 0 aromatic heterocycles. The molecule has 2 aromatic carbocycles. The fourth-order valence-corrected chi connectivity index (χ4v) is 1.85. The third kappa shape index (κ3) is 4.05. The van der Waals surface area contributed by atoms with Crippen molar-refractivity contribution in [2.45, 2.75) is 13.3 Å². The Balaban J connectivity index is 1.91. The highest BCUT2D eigenvalue weighted by molar-refractivity contribution is 5.97. The Morgan fingerprint density at radius 3 is 2.20 bits per heavy atom. The first-order valence-electron chi connectivity index (χ1n) is 6.44. The number of carbonyl (C=O) groups is 2. The van der Waals surface area contributed by atoms with Crippen molar-refractivity contribution in [1.82, 2.24) is 0 Å². The van der Waals surface area contributed by atoms with E-state index in [-0.39, 0.29) is 18.2 Å². The Labute approximate surface area is 118 Å². The number of carbonyl (C=O) groups excluding carboxylic acids is 2. The van der Waals surface area contributed by atoms with Crippen molar-refractivity contribution in [3.05, 3.63) is 65.7 Å². The minimum Gasteiger partial charge on any atom is -0.485 e. The molecule has 0 amide bonds. The van der Waals surface area contributed by atoms with Crippen molar-refractivity contribution in [1.29, 1.82) is 0 Å². The molecule has 2 rings (SSSR count). The van der Waals surface area contributed by atoms with Crippen LogP contribution in [0.5, 0.6) is 5.75 Å². The highest BCUT2D eigenvalue weighted by Gasteiger charge is 2.06. The molecule has 20 heavy (non-hydrogen) atoms. The molecule has 0 saturated heterocycles. The second-order valence-electron chi connectivity index (χ2n) is 4.60. The molecule has 0 radical (unpaired) electrons. The summed E-state index contributed by atoms with van der Waals surface area (Å²) in [6.07, 6.45) is 0.420. The first-order valence-corrected chi connectivity index (χ1v) is 6.44. The molecule has 3 heteroatoms. The third-order valence-electron chi connectivity index (χ3n) is 2.84. The van der Waals surface area contributed by atoms with Gasteiger partial charge in [-0.2, -0.15) is 0 Å². The minimum atomic E-state index is -0.0570. The van der Waals surface area contributed by atoms with Crippen LogP contribution in [0.25, 0.3) is 0 Å². The molecule has 0 heterocycles. The molecular formula is C17H16O3. The normalized spacial score (nSPS) is 10.1. The van der Waals surface area contributed by atoms with Gasteiger partial charge in [-0.05, 0) is 24.6 Å². The molecule has 0 unspecified atom stereocenters. The maximum atomic E-state index is 11.9. The molecule has 0 spiro atoms. The number of Topliss-reactive ketones (excluding diaryl/α,β-unsaturated/α-hetero) is 2. The summed E-state index contributed by atoms with van der Waals surface area (Å²) in [5, 5.41) is 0. The average Bonchev–Trinajstić information content (AvgIpc) is 2.46. The van der Waals surface area contributed by atoms with E-state index in [1.165, 1.54) is 0 Å². The largest absolute Gasteiger partial charge is 0.485 e. The number of hydrogen-bond donors (Lipinski definition) is 0. The van der Waals surface area contributed by atoms with Crippen molar-refractivity contribution >= 4 is 11.6 Å². The van der Waals surface area contributed by atoms with Crippen LogP contribution >= 0.6 is 0 Å². The van der Waals surface area contributed by atoms with E-state index >= 15 is 0 Å². The van der Waals surface area contributed by atoms with E-state index < -0.39 is 0 Å². The summed E-state index contributed by atoms with van der Waals surface area (Å²) in [6, 6.07) is 16.3. The van der Waals surface area contributed by atoms with Crippen LogP contribution in [0.15, 0.2) is 54.6 Å². The van der Waals surface area contributed by atoms with Gasteiger partial charge in [0, 0.05) is 12.0 Å². The van der Waals surface area contributed by atoms with Gasteiger partial charge in [0.1, 0.15) is 11.5 Å². The fourth-order valence-electron chi connectivity index (χ4n) is 1.85. The quantitative estimate of drug-likeness (QED) is 0.756. The van der Waals surface area contributed by atoms with Gasteiger partial charge < -0.3 is 4.74 Å². The number of hydrogen-bond acceptors (Lipinski definition) is 3. The summed E-state index contributed by atoms with van der Waals surface area (Å²) in [5.74, 6) is 0.693. The van der Waals surface area contributed by atoms with Gasteiger partial charge in [0.25, 0.3) is 0 Å². The van der Waals surface area contributed by atoms with Gasteiger partial charge in [0.2, 0.25) is 0 Å². The van der Waals surface area contributed by atoms with Gasteiger partial charge in [-0.15, -0.1) is 0 Å². The predicted octanol–water partition coefficient (Wildman–Crippen LogP) is 3.08. The van der Waals surface area contributed by atoms with Gasteiger partial charge in [-0.3, -0.25) is 9.59 Å². The Hall–Kier alpha value is -2.42. The molecule has 0 saturated carbocycles. The highest BCUT2D eigenvalue weighted by atomic mass is 16.5. The Morgan fingerprint density at radius 1 is 0.950 bits per heavy atom. The monoisotopic (exact) mass is 268 g/mol. The molecule has 0 atom stereocenters. The molecule has 0 aliphatic rings. The van der Waals surface area contributed by atoms with Crippen LogP contribution in [0.4, 0.5) is 0 Å². The fraction of sp³-hybridized carbons (Fsp3) is 0.176. The van der Waals surface area contributed by atoms with E-state index in [9.17, 15) is 9.59 Å². The lowest BCUT2D eigenvalue weighted by Gasteiger charge is -2.06. The zero-order valence-electron chi connectivity index (χ0n) is 11.3. The maximum absolute atomic E-state index is 11.9. The number of ether oxygens (including phenoxy) is 1. The molecule has 2 aromatic rings. The van der Waals surface area contributed by atoms with E-state index in [4.69, 9.17) is 4.74 Å². The van der Waals surface area contributed by atoms with Gasteiger partial charge >= 0.3 is 0 Å². The van der Waals surface area contributed by atoms with E-state index in [0.717, 1.165) is 5.56 Å². The lowest BCUT2D eigenvalue weighted by molar-refractivity contribution is -0.116. The second kappa shape index (κ2) is 6.66.